The first-order valence-corrected chi connectivity index (χ1v) is 40.5. The van der Waals surface area contributed by atoms with Crippen LogP contribution < -0.4 is 0 Å². The fourth-order valence-corrected chi connectivity index (χ4v) is 12.2. The summed E-state index contributed by atoms with van der Waals surface area (Å²) < 4.78 is 68.1. The molecule has 6 atom stereocenters. The predicted octanol–water partition coefficient (Wildman–Crippen LogP) is 20.9. The number of hydrogen-bond acceptors (Lipinski definition) is 15. The minimum atomic E-state index is -4.96. The molecule has 3 N–H and O–H groups in total. The number of phosphoric ester groups is 2. The molecule has 0 saturated carbocycles. The maximum Gasteiger partial charge on any atom is 0.472 e. The summed E-state index contributed by atoms with van der Waals surface area (Å²) in [6.45, 7) is 7.16. The first-order chi connectivity index (χ1) is 44.6. The third-order valence-electron chi connectivity index (χ3n) is 16.8. The SMILES string of the molecule is CCCCCC/C=C\C=C/CCCCCCCC(=O)OC[C@H](COP(=O)(O)OC[C@@H](O)COP(=O)(O)OC[C@@H](COC(=O)CCCCCCC)OC(=O)CCCCCCCCCCCC)OC(=O)CCCCCCCCCCCCCCCCCCCCC(C)CC. The Bertz CT molecular complexity index is 1870. The van der Waals surface area contributed by atoms with Crippen molar-refractivity contribution in [3.63, 3.8) is 0 Å². The summed E-state index contributed by atoms with van der Waals surface area (Å²) in [6, 6.07) is 0. The first-order valence-electron chi connectivity index (χ1n) is 37.5. The number of carbonyl (C=O) groups excluding carboxylic acids is 4. The van der Waals surface area contributed by atoms with Gasteiger partial charge < -0.3 is 33.8 Å². The van der Waals surface area contributed by atoms with Gasteiger partial charge in [-0.25, -0.2) is 9.13 Å². The summed E-state index contributed by atoms with van der Waals surface area (Å²) in [7, 11) is -9.90. The van der Waals surface area contributed by atoms with E-state index in [4.69, 9.17) is 37.0 Å². The lowest BCUT2D eigenvalue weighted by Crippen LogP contribution is -2.30. The minimum absolute atomic E-state index is 0.101. The van der Waals surface area contributed by atoms with Crippen LogP contribution in [0.1, 0.15) is 356 Å². The van der Waals surface area contributed by atoms with Gasteiger partial charge in [0.15, 0.2) is 12.2 Å². The van der Waals surface area contributed by atoms with Gasteiger partial charge in [-0.1, -0.05) is 303 Å². The fraction of sp³-hybridized carbons (Fsp3) is 0.890. The van der Waals surface area contributed by atoms with E-state index >= 15 is 0 Å². The Kier molecular flexibility index (Phi) is 64.0. The van der Waals surface area contributed by atoms with E-state index in [9.17, 15) is 43.2 Å². The Hall–Kier alpha value is -2.46. The van der Waals surface area contributed by atoms with Crippen LogP contribution in [0.25, 0.3) is 0 Å². The zero-order valence-corrected chi connectivity index (χ0v) is 61.0. The van der Waals surface area contributed by atoms with E-state index in [0.717, 1.165) is 121 Å². The lowest BCUT2D eigenvalue weighted by Gasteiger charge is -2.21. The number of aliphatic hydroxyl groups is 1. The molecule has 0 aliphatic rings. The van der Waals surface area contributed by atoms with Crippen molar-refractivity contribution < 1.29 is 80.2 Å². The Morgan fingerprint density at radius 1 is 0.348 bits per heavy atom. The van der Waals surface area contributed by atoms with Crippen LogP contribution in [0.3, 0.4) is 0 Å². The van der Waals surface area contributed by atoms with Gasteiger partial charge in [-0.2, -0.15) is 0 Å². The molecule has 0 rings (SSSR count). The number of phosphoric acid groups is 2. The predicted molar refractivity (Wildman–Crippen MR) is 372 cm³/mol. The second-order valence-electron chi connectivity index (χ2n) is 25.9. The van der Waals surface area contributed by atoms with Crippen LogP contribution in [-0.4, -0.2) is 96.7 Å². The largest absolute Gasteiger partial charge is 0.472 e. The molecule has 542 valence electrons. The molecule has 3 unspecified atom stereocenters. The Balaban J connectivity index is 5.14. The molecule has 0 spiro atoms. The van der Waals surface area contributed by atoms with Gasteiger partial charge in [0.1, 0.15) is 19.3 Å². The molecule has 0 amide bonds. The highest BCUT2D eigenvalue weighted by Crippen LogP contribution is 2.45. The van der Waals surface area contributed by atoms with Crippen LogP contribution in [0.15, 0.2) is 24.3 Å². The molecule has 92 heavy (non-hydrogen) atoms. The van der Waals surface area contributed by atoms with Crippen molar-refractivity contribution in [1.82, 2.24) is 0 Å². The summed E-state index contributed by atoms with van der Waals surface area (Å²) in [6.07, 6.45) is 56.8. The molecule has 0 aliphatic carbocycles. The number of hydrogen-bond donors (Lipinski definition) is 3. The van der Waals surface area contributed by atoms with E-state index in [1.54, 1.807) is 0 Å². The molecule has 0 saturated heterocycles. The van der Waals surface area contributed by atoms with E-state index in [1.807, 2.05) is 0 Å². The van der Waals surface area contributed by atoms with Crippen LogP contribution in [0.2, 0.25) is 0 Å². The van der Waals surface area contributed by atoms with Crippen molar-refractivity contribution in [3.05, 3.63) is 24.3 Å². The number of esters is 4. The van der Waals surface area contributed by atoms with Gasteiger partial charge in [0.2, 0.25) is 0 Å². The van der Waals surface area contributed by atoms with Crippen LogP contribution in [-0.2, 0) is 65.4 Å². The molecule has 0 aromatic carbocycles. The Labute approximate surface area is 561 Å². The normalized spacial score (nSPS) is 14.5. The minimum Gasteiger partial charge on any atom is -0.462 e. The van der Waals surface area contributed by atoms with Crippen LogP contribution in [0.5, 0.6) is 0 Å². The lowest BCUT2D eigenvalue weighted by atomic mass is 9.99. The van der Waals surface area contributed by atoms with Gasteiger partial charge in [0, 0.05) is 25.7 Å². The Morgan fingerprint density at radius 3 is 0.924 bits per heavy atom. The second-order valence-corrected chi connectivity index (χ2v) is 28.8. The first kappa shape index (κ1) is 89.5. The number of unbranched alkanes of at least 4 members (excludes halogenated alkanes) is 39. The molecule has 0 heterocycles. The summed E-state index contributed by atoms with van der Waals surface area (Å²) in [5, 5.41) is 10.6. The molecule has 19 heteroatoms. The number of aliphatic hydroxyl groups excluding tert-OH is 1. The van der Waals surface area contributed by atoms with Crippen molar-refractivity contribution in [1.29, 1.82) is 0 Å². The maximum atomic E-state index is 13.1. The van der Waals surface area contributed by atoms with Gasteiger partial charge >= 0.3 is 39.5 Å². The summed E-state index contributed by atoms with van der Waals surface area (Å²) in [4.78, 5) is 72.3. The van der Waals surface area contributed by atoms with Gasteiger partial charge in [0.05, 0.1) is 26.4 Å². The summed E-state index contributed by atoms with van der Waals surface area (Å²) >= 11 is 0. The van der Waals surface area contributed by atoms with Crippen molar-refractivity contribution >= 4 is 39.5 Å². The van der Waals surface area contributed by atoms with E-state index in [1.165, 1.54) is 154 Å². The van der Waals surface area contributed by atoms with E-state index < -0.39 is 97.5 Å². The number of carbonyl (C=O) groups is 4. The molecule has 0 aliphatic heterocycles. The smallest absolute Gasteiger partial charge is 0.462 e. The summed E-state index contributed by atoms with van der Waals surface area (Å²) in [5.74, 6) is -1.29. The second kappa shape index (κ2) is 65.8. The van der Waals surface area contributed by atoms with Crippen molar-refractivity contribution in [2.24, 2.45) is 5.92 Å². The molecule has 17 nitrogen and oxygen atoms in total. The Morgan fingerprint density at radius 2 is 0.609 bits per heavy atom. The van der Waals surface area contributed by atoms with Crippen molar-refractivity contribution in [3.8, 4) is 0 Å². The van der Waals surface area contributed by atoms with E-state index in [2.05, 4.69) is 58.9 Å². The average Bonchev–Trinajstić information content (AvgIpc) is 1.66. The van der Waals surface area contributed by atoms with Crippen LogP contribution in [0, 0.1) is 5.92 Å². The molecule has 0 aromatic heterocycles. The third kappa shape index (κ3) is 64.9. The third-order valence-corrected chi connectivity index (χ3v) is 18.7. The molecule has 0 fully saturated rings. The van der Waals surface area contributed by atoms with Gasteiger partial charge in [-0.05, 0) is 57.3 Å². The van der Waals surface area contributed by atoms with Crippen molar-refractivity contribution in [2.45, 2.75) is 374 Å². The highest BCUT2D eigenvalue weighted by Gasteiger charge is 2.30. The van der Waals surface area contributed by atoms with Gasteiger partial charge in [-0.15, -0.1) is 0 Å². The highest BCUT2D eigenvalue weighted by atomic mass is 31.2. The molecular formula is C73H138O17P2. The quantitative estimate of drug-likeness (QED) is 0.0169. The summed E-state index contributed by atoms with van der Waals surface area (Å²) in [5.41, 5.74) is 0. The molecule has 0 bridgehead atoms. The zero-order chi connectivity index (χ0) is 67.7. The lowest BCUT2D eigenvalue weighted by molar-refractivity contribution is -0.161. The molecule has 0 radical (unpaired) electrons. The van der Waals surface area contributed by atoms with Gasteiger partial charge in [0.25, 0.3) is 0 Å². The van der Waals surface area contributed by atoms with Crippen LogP contribution in [0.4, 0.5) is 0 Å². The number of ether oxygens (including phenoxy) is 4. The van der Waals surface area contributed by atoms with E-state index in [0.29, 0.717) is 25.7 Å². The monoisotopic (exact) mass is 1350 g/mol. The standard InChI is InChI=1S/C73H138O17P2/c1-6-10-13-16-18-20-22-23-28-32-35-39-42-47-52-57-71(76)84-63-69(90-73(78)59-54-49-44-40-36-33-30-27-25-24-26-29-31-34-37-41-46-50-55-66(5)9-4)65-88-92(81,82)86-61-67(74)60-85-91(79,80)87-64-68(62-83-70(75)56-51-45-15-12-8-3)89-72(77)58-53-48-43-38-21-19-17-14-11-7-2/h20,22-23,28,66-69,74H,6-19,21,24-27,29-65H2,1-5H3,(H,79,80)(H,81,82)/b22-20-,28-23-/t66?,67-,68+,69+/m0/s1. The zero-order valence-electron chi connectivity index (χ0n) is 59.2. The van der Waals surface area contributed by atoms with Crippen molar-refractivity contribution in [2.75, 3.05) is 39.6 Å². The highest BCUT2D eigenvalue weighted by molar-refractivity contribution is 7.47. The average molecular weight is 1350 g/mol. The van der Waals surface area contributed by atoms with E-state index in [-0.39, 0.29) is 25.7 Å². The number of allylic oxidation sites excluding steroid dienone is 4. The fourth-order valence-electron chi connectivity index (χ4n) is 10.6. The maximum absolute atomic E-state index is 13.1. The van der Waals surface area contributed by atoms with Crippen LogP contribution >= 0.6 is 15.6 Å². The molecule has 0 aromatic rings. The number of rotatable bonds is 71. The topological polar surface area (TPSA) is 237 Å². The molecular weight excluding hydrogens is 1210 g/mol. The van der Waals surface area contributed by atoms with Gasteiger partial charge in [-0.3, -0.25) is 37.3 Å².